The molecule has 11 heteroatoms. The van der Waals surface area contributed by atoms with Crippen molar-refractivity contribution in [2.45, 2.75) is 25.2 Å². The molecule has 0 saturated carbocycles. The molecule has 2 heterocycles. The molecule has 0 saturated heterocycles. The number of aliphatic carboxylic acids is 1. The van der Waals surface area contributed by atoms with E-state index in [4.69, 9.17) is 9.90 Å². The van der Waals surface area contributed by atoms with E-state index < -0.39 is 12.1 Å². The van der Waals surface area contributed by atoms with Crippen molar-refractivity contribution in [2.75, 3.05) is 5.32 Å². The molecule has 37 heavy (non-hydrogen) atoms. The van der Waals surface area contributed by atoms with Crippen molar-refractivity contribution < 1.29 is 27.9 Å². The third-order valence-electron chi connectivity index (χ3n) is 4.97. The van der Waals surface area contributed by atoms with E-state index in [9.17, 15) is 18.0 Å². The van der Waals surface area contributed by atoms with Crippen LogP contribution in [-0.2, 0) is 22.6 Å². The van der Waals surface area contributed by atoms with Crippen molar-refractivity contribution in [3.8, 4) is 11.1 Å². The zero-order valence-corrected chi connectivity index (χ0v) is 20.2. The predicted molar refractivity (Wildman–Crippen MR) is 135 cm³/mol. The summed E-state index contributed by atoms with van der Waals surface area (Å²) in [7, 11) is 0. The van der Waals surface area contributed by atoms with E-state index in [2.05, 4.69) is 20.6 Å². The Morgan fingerprint density at radius 3 is 2.27 bits per heavy atom. The summed E-state index contributed by atoms with van der Waals surface area (Å²) in [5, 5.41) is 16.5. The molecule has 1 amide bonds. The van der Waals surface area contributed by atoms with Gasteiger partial charge in [0.1, 0.15) is 5.01 Å². The molecule has 4 aromatic rings. The summed E-state index contributed by atoms with van der Waals surface area (Å²) in [5.74, 6) is -2.82. The Bertz CT molecular complexity index is 1270. The maximum atomic E-state index is 13.1. The summed E-state index contributed by atoms with van der Waals surface area (Å²) in [6, 6.07) is 21.4. The second-order valence-electron chi connectivity index (χ2n) is 7.66. The Labute approximate surface area is 215 Å². The van der Waals surface area contributed by atoms with Gasteiger partial charge in [-0.05, 0) is 47.4 Å². The topological polar surface area (TPSA) is 104 Å². The van der Waals surface area contributed by atoms with Gasteiger partial charge in [0.15, 0.2) is 0 Å². The molecule has 0 aliphatic carbocycles. The number of carbonyl (C=O) groups is 2. The normalized spacial score (nSPS) is 11.6. The molecule has 0 spiro atoms. The Morgan fingerprint density at radius 1 is 0.946 bits per heavy atom. The first-order valence-electron chi connectivity index (χ1n) is 11.0. The number of carboxylic acids is 1. The zero-order valence-electron chi connectivity index (χ0n) is 19.4. The molecule has 7 nitrogen and oxygen atoms in total. The lowest BCUT2D eigenvalue weighted by atomic mass is 10.0. The molecule has 2 aromatic carbocycles. The summed E-state index contributed by atoms with van der Waals surface area (Å²) in [6.45, 7) is 0.555. The average Bonchev–Trinajstić information content (AvgIpc) is 3.41. The highest BCUT2D eigenvalue weighted by Gasteiger charge is 2.38. The van der Waals surface area contributed by atoms with Crippen molar-refractivity contribution in [1.29, 1.82) is 0 Å². The van der Waals surface area contributed by atoms with E-state index in [0.29, 0.717) is 13.0 Å². The third-order valence-corrected chi connectivity index (χ3v) is 5.75. The van der Waals surface area contributed by atoms with Gasteiger partial charge < -0.3 is 10.4 Å². The van der Waals surface area contributed by atoms with Crippen LogP contribution < -0.4 is 10.6 Å². The highest BCUT2D eigenvalue weighted by atomic mass is 32.1. The van der Waals surface area contributed by atoms with Crippen LogP contribution in [0.5, 0.6) is 0 Å². The predicted octanol–water partition coefficient (Wildman–Crippen LogP) is 5.18. The molecule has 2 aromatic heterocycles. The van der Waals surface area contributed by atoms with Crippen LogP contribution >= 0.6 is 11.3 Å². The Kier molecular flexibility index (Phi) is 9.87. The van der Waals surface area contributed by atoms with Crippen molar-refractivity contribution >= 4 is 28.9 Å². The van der Waals surface area contributed by atoms with Crippen LogP contribution in [-0.4, -0.2) is 39.2 Å². The fourth-order valence-electron chi connectivity index (χ4n) is 3.21. The van der Waals surface area contributed by atoms with E-state index >= 15 is 0 Å². The Hall–Kier alpha value is -4.09. The van der Waals surface area contributed by atoms with Gasteiger partial charge in [0.2, 0.25) is 5.91 Å². The van der Waals surface area contributed by atoms with Gasteiger partial charge in [-0.25, -0.2) is 9.78 Å². The fraction of sp³-hybridized carbons (Fsp3) is 0.154. The number of alkyl halides is 3. The van der Waals surface area contributed by atoms with Crippen molar-refractivity contribution in [1.82, 2.24) is 15.3 Å². The van der Waals surface area contributed by atoms with Gasteiger partial charge in [-0.2, -0.15) is 13.2 Å². The summed E-state index contributed by atoms with van der Waals surface area (Å²) in [6.07, 6.45) is 0.818. The van der Waals surface area contributed by atoms with Crippen LogP contribution in [0.1, 0.15) is 10.6 Å². The fourth-order valence-corrected chi connectivity index (χ4v) is 3.78. The van der Waals surface area contributed by atoms with Gasteiger partial charge in [0.25, 0.3) is 0 Å². The summed E-state index contributed by atoms with van der Waals surface area (Å²) in [5.41, 5.74) is 3.97. The quantitative estimate of drug-likeness (QED) is 0.291. The first-order chi connectivity index (χ1) is 17.7. The summed E-state index contributed by atoms with van der Waals surface area (Å²) >= 11 is 1.58. The highest BCUT2D eigenvalue weighted by molar-refractivity contribution is 7.09. The van der Waals surface area contributed by atoms with Crippen LogP contribution in [0.25, 0.3) is 11.1 Å². The number of pyridine rings is 1. The number of carboxylic acid groups (broad SMARTS) is 1. The van der Waals surface area contributed by atoms with E-state index in [1.807, 2.05) is 72.1 Å². The number of halogens is 3. The number of thiazole rings is 1. The molecular weight excluding hydrogens is 505 g/mol. The van der Waals surface area contributed by atoms with Crippen molar-refractivity contribution in [2.24, 2.45) is 0 Å². The molecule has 0 unspecified atom stereocenters. The molecule has 3 N–H and O–H groups in total. The van der Waals surface area contributed by atoms with Gasteiger partial charge in [-0.15, -0.1) is 11.3 Å². The largest absolute Gasteiger partial charge is 0.490 e. The Balaban J connectivity index is 0.000000479. The number of carbonyl (C=O) groups excluding carboxylic acids is 1. The minimum absolute atomic E-state index is 0.0673. The number of nitrogens with zero attached hydrogens (tertiary/aromatic N) is 2. The number of nitrogens with one attached hydrogen (secondary N) is 2. The molecule has 4 rings (SSSR count). The standard InChI is InChI=1S/C24H22N4OS.C2HF3O2/c29-24(28-21-8-4-7-20(16-21)19-9-11-25-12-10-19)22(15-18-5-2-1-3-6-18)27-17-23-26-13-14-30-23;3-2(4,5)1(6)7/h1-14,16,22,27H,15,17H2,(H,28,29);(H,6,7)/t22-;/m1./s1. The van der Waals surface area contributed by atoms with Gasteiger partial charge in [0.05, 0.1) is 6.04 Å². The van der Waals surface area contributed by atoms with E-state index in [-0.39, 0.29) is 11.9 Å². The molecule has 192 valence electrons. The number of amides is 1. The number of hydrogen-bond donors (Lipinski definition) is 3. The third kappa shape index (κ3) is 9.13. The molecular formula is C26H23F3N4O3S. The van der Waals surface area contributed by atoms with Crippen molar-refractivity contribution in [3.05, 3.63) is 101 Å². The van der Waals surface area contributed by atoms with Crippen molar-refractivity contribution in [3.63, 3.8) is 0 Å². The van der Waals surface area contributed by atoms with Crippen LogP contribution in [0.4, 0.5) is 18.9 Å². The van der Waals surface area contributed by atoms with Crippen LogP contribution in [0.15, 0.2) is 90.7 Å². The van der Waals surface area contributed by atoms with Crippen LogP contribution in [0.2, 0.25) is 0 Å². The van der Waals surface area contributed by atoms with Gasteiger partial charge in [-0.3, -0.25) is 15.1 Å². The van der Waals surface area contributed by atoms with E-state index in [1.54, 1.807) is 29.9 Å². The van der Waals surface area contributed by atoms with Gasteiger partial charge >= 0.3 is 12.1 Å². The van der Waals surface area contributed by atoms with Gasteiger partial charge in [-0.1, -0.05) is 42.5 Å². The number of anilines is 1. The minimum Gasteiger partial charge on any atom is -0.475 e. The molecule has 0 fully saturated rings. The molecule has 0 aliphatic rings. The van der Waals surface area contributed by atoms with Crippen LogP contribution in [0.3, 0.4) is 0 Å². The SMILES string of the molecule is O=C(Nc1cccc(-c2ccncc2)c1)[C@@H](Cc1ccccc1)NCc1nccs1.O=C(O)C(F)(F)F. The number of benzene rings is 2. The smallest absolute Gasteiger partial charge is 0.475 e. The molecule has 0 radical (unpaired) electrons. The second-order valence-corrected chi connectivity index (χ2v) is 8.64. The lowest BCUT2D eigenvalue weighted by molar-refractivity contribution is -0.192. The first-order valence-corrected chi connectivity index (χ1v) is 11.9. The van der Waals surface area contributed by atoms with E-state index in [1.165, 1.54) is 0 Å². The maximum absolute atomic E-state index is 13.1. The summed E-state index contributed by atoms with van der Waals surface area (Å²) < 4.78 is 31.7. The average molecular weight is 529 g/mol. The number of rotatable bonds is 8. The Morgan fingerprint density at radius 2 is 1.65 bits per heavy atom. The first kappa shape index (κ1) is 27.5. The van der Waals surface area contributed by atoms with E-state index in [0.717, 1.165) is 27.4 Å². The maximum Gasteiger partial charge on any atom is 0.490 e. The molecule has 1 atom stereocenters. The number of aromatic nitrogens is 2. The lowest BCUT2D eigenvalue weighted by Crippen LogP contribution is -2.41. The number of hydrogen-bond acceptors (Lipinski definition) is 6. The second kappa shape index (κ2) is 13.3. The molecule has 0 aliphatic heterocycles. The zero-order chi connectivity index (χ0) is 26.7. The summed E-state index contributed by atoms with van der Waals surface area (Å²) in [4.78, 5) is 30.4. The lowest BCUT2D eigenvalue weighted by Gasteiger charge is -2.18. The van der Waals surface area contributed by atoms with Gasteiger partial charge in [0, 0.05) is 36.2 Å². The highest BCUT2D eigenvalue weighted by Crippen LogP contribution is 2.22. The minimum atomic E-state index is -5.08. The monoisotopic (exact) mass is 528 g/mol. The molecule has 0 bridgehead atoms. The van der Waals surface area contributed by atoms with Crippen LogP contribution in [0, 0.1) is 0 Å².